The molecule has 7 heteroatoms. The molecule has 1 aliphatic carbocycles. The maximum atomic E-state index is 12.5. The van der Waals surface area contributed by atoms with Gasteiger partial charge in [0.15, 0.2) is 0 Å². The average molecular weight is 401 g/mol. The summed E-state index contributed by atoms with van der Waals surface area (Å²) < 4.78 is 0. The lowest BCUT2D eigenvalue weighted by Crippen LogP contribution is -2.33. The number of hydrogen-bond acceptors (Lipinski definition) is 4. The van der Waals surface area contributed by atoms with Crippen LogP contribution in [-0.4, -0.2) is 37.1 Å². The van der Waals surface area contributed by atoms with Crippen LogP contribution >= 0.6 is 24.8 Å². The fourth-order valence-corrected chi connectivity index (χ4v) is 4.37. The monoisotopic (exact) mass is 400 g/mol. The zero-order valence-electron chi connectivity index (χ0n) is 15.2. The highest BCUT2D eigenvalue weighted by atomic mass is 35.5. The first-order valence-electron chi connectivity index (χ1n) is 9.45. The summed E-state index contributed by atoms with van der Waals surface area (Å²) in [7, 11) is 0. The molecule has 1 saturated carbocycles. The molecule has 0 bridgehead atoms. The summed E-state index contributed by atoms with van der Waals surface area (Å²) in [5, 5.41) is 6.55. The van der Waals surface area contributed by atoms with Gasteiger partial charge in [0.1, 0.15) is 5.82 Å². The summed E-state index contributed by atoms with van der Waals surface area (Å²) in [5.74, 6) is 1.54. The van der Waals surface area contributed by atoms with Crippen LogP contribution in [0.3, 0.4) is 0 Å². The molecule has 1 spiro atoms. The number of pyridine rings is 1. The third-order valence-corrected chi connectivity index (χ3v) is 6.06. The lowest BCUT2D eigenvalue weighted by atomic mass is 9.92. The first-order chi connectivity index (χ1) is 11.8. The van der Waals surface area contributed by atoms with Gasteiger partial charge in [0, 0.05) is 31.7 Å². The zero-order chi connectivity index (χ0) is 16.4. The van der Waals surface area contributed by atoms with Crippen molar-refractivity contribution >= 4 is 36.5 Å². The number of amides is 1. The van der Waals surface area contributed by atoms with Gasteiger partial charge in [0.25, 0.3) is 0 Å². The van der Waals surface area contributed by atoms with Crippen LogP contribution in [0.25, 0.3) is 0 Å². The Hall–Kier alpha value is -1.04. The van der Waals surface area contributed by atoms with E-state index in [0.717, 1.165) is 56.8 Å². The Morgan fingerprint density at radius 1 is 1.23 bits per heavy atom. The minimum Gasteiger partial charge on any atom is -0.357 e. The second-order valence-corrected chi connectivity index (χ2v) is 7.66. The minimum absolute atomic E-state index is 0. The molecule has 2 saturated heterocycles. The Bertz CT molecular complexity index is 601. The molecule has 3 fully saturated rings. The van der Waals surface area contributed by atoms with Crippen LogP contribution in [0.5, 0.6) is 0 Å². The molecular formula is C19H30Cl2N4O. The number of carbonyl (C=O) groups excluding carboxylic acids is 1. The van der Waals surface area contributed by atoms with Crippen molar-refractivity contribution in [3.8, 4) is 0 Å². The average Bonchev–Trinajstić information content (AvgIpc) is 3.34. The van der Waals surface area contributed by atoms with Crippen molar-refractivity contribution in [2.24, 2.45) is 11.3 Å². The summed E-state index contributed by atoms with van der Waals surface area (Å²) >= 11 is 0. The van der Waals surface area contributed by atoms with E-state index in [1.54, 1.807) is 0 Å². The second-order valence-electron chi connectivity index (χ2n) is 7.66. The normalized spacial score (nSPS) is 23.5. The van der Waals surface area contributed by atoms with E-state index < -0.39 is 0 Å². The van der Waals surface area contributed by atoms with Gasteiger partial charge in [0.05, 0.1) is 0 Å². The molecule has 1 atom stereocenters. The largest absolute Gasteiger partial charge is 0.357 e. The molecule has 146 valence electrons. The Morgan fingerprint density at radius 2 is 1.96 bits per heavy atom. The van der Waals surface area contributed by atoms with Crippen molar-refractivity contribution in [2.45, 2.75) is 45.1 Å². The second kappa shape index (κ2) is 9.25. The first-order valence-corrected chi connectivity index (χ1v) is 9.45. The SMILES string of the molecule is Cl.Cl.O=C(NCc1ccnc(N2CCCCC2)c1)C1CC12CCNCC2. The molecule has 2 aliphatic heterocycles. The molecule has 1 aromatic rings. The lowest BCUT2D eigenvalue weighted by molar-refractivity contribution is -0.123. The lowest BCUT2D eigenvalue weighted by Gasteiger charge is -2.28. The maximum Gasteiger partial charge on any atom is 0.223 e. The highest BCUT2D eigenvalue weighted by molar-refractivity contribution is 5.85. The molecule has 0 aromatic carbocycles. The van der Waals surface area contributed by atoms with Crippen molar-refractivity contribution in [3.63, 3.8) is 0 Å². The van der Waals surface area contributed by atoms with Crippen LogP contribution in [-0.2, 0) is 11.3 Å². The van der Waals surface area contributed by atoms with Crippen LogP contribution in [0, 0.1) is 11.3 Å². The summed E-state index contributed by atoms with van der Waals surface area (Å²) in [6.07, 6.45) is 9.08. The van der Waals surface area contributed by atoms with Gasteiger partial charge in [-0.05, 0) is 74.7 Å². The van der Waals surface area contributed by atoms with Gasteiger partial charge in [-0.1, -0.05) is 0 Å². The smallest absolute Gasteiger partial charge is 0.223 e. The van der Waals surface area contributed by atoms with Gasteiger partial charge in [-0.15, -0.1) is 24.8 Å². The zero-order valence-corrected chi connectivity index (χ0v) is 16.8. The molecule has 2 N–H and O–H groups in total. The van der Waals surface area contributed by atoms with Gasteiger partial charge >= 0.3 is 0 Å². The number of halogens is 2. The minimum atomic E-state index is 0. The molecule has 1 amide bonds. The molecule has 3 aliphatic rings. The van der Waals surface area contributed by atoms with E-state index in [2.05, 4.69) is 26.6 Å². The Labute approximate surface area is 168 Å². The highest BCUT2D eigenvalue weighted by Crippen LogP contribution is 2.58. The summed E-state index contributed by atoms with van der Waals surface area (Å²) in [4.78, 5) is 19.4. The molecule has 5 nitrogen and oxygen atoms in total. The van der Waals surface area contributed by atoms with Gasteiger partial charge < -0.3 is 15.5 Å². The number of hydrogen-bond donors (Lipinski definition) is 2. The third kappa shape index (κ3) is 4.62. The van der Waals surface area contributed by atoms with Crippen LogP contribution in [0.1, 0.15) is 44.1 Å². The number of rotatable bonds is 4. The van der Waals surface area contributed by atoms with E-state index in [4.69, 9.17) is 0 Å². The Kier molecular flexibility index (Phi) is 7.56. The maximum absolute atomic E-state index is 12.5. The Morgan fingerprint density at radius 3 is 2.69 bits per heavy atom. The topological polar surface area (TPSA) is 57.3 Å². The number of nitrogens with one attached hydrogen (secondary N) is 2. The van der Waals surface area contributed by atoms with Crippen molar-refractivity contribution in [2.75, 3.05) is 31.1 Å². The third-order valence-electron chi connectivity index (χ3n) is 6.06. The van der Waals surface area contributed by atoms with Crippen molar-refractivity contribution in [1.82, 2.24) is 15.6 Å². The van der Waals surface area contributed by atoms with E-state index in [9.17, 15) is 4.79 Å². The van der Waals surface area contributed by atoms with E-state index >= 15 is 0 Å². The van der Waals surface area contributed by atoms with Crippen LogP contribution in [0.2, 0.25) is 0 Å². The van der Waals surface area contributed by atoms with Gasteiger partial charge in [-0.2, -0.15) is 0 Å². The van der Waals surface area contributed by atoms with E-state index in [1.807, 2.05) is 12.3 Å². The molecule has 0 radical (unpaired) electrons. The number of anilines is 1. The van der Waals surface area contributed by atoms with Crippen molar-refractivity contribution < 1.29 is 4.79 Å². The van der Waals surface area contributed by atoms with Crippen LogP contribution in [0.15, 0.2) is 18.3 Å². The van der Waals surface area contributed by atoms with Crippen molar-refractivity contribution in [3.05, 3.63) is 23.9 Å². The molecule has 1 aromatic heterocycles. The van der Waals surface area contributed by atoms with Gasteiger partial charge in [0.2, 0.25) is 5.91 Å². The predicted molar refractivity (Wildman–Crippen MR) is 109 cm³/mol. The molecular weight excluding hydrogens is 371 g/mol. The number of aromatic nitrogens is 1. The van der Waals surface area contributed by atoms with E-state index in [1.165, 1.54) is 19.3 Å². The Balaban J connectivity index is 0.00000121. The fourth-order valence-electron chi connectivity index (χ4n) is 4.37. The van der Waals surface area contributed by atoms with Gasteiger partial charge in [-0.3, -0.25) is 4.79 Å². The summed E-state index contributed by atoms with van der Waals surface area (Å²) in [6.45, 7) is 4.94. The molecule has 1 unspecified atom stereocenters. The number of carbonyl (C=O) groups is 1. The molecule has 4 rings (SSSR count). The van der Waals surface area contributed by atoms with E-state index in [0.29, 0.717) is 12.0 Å². The number of piperidine rings is 2. The summed E-state index contributed by atoms with van der Waals surface area (Å²) in [6, 6.07) is 4.15. The molecule has 3 heterocycles. The summed E-state index contributed by atoms with van der Waals surface area (Å²) in [5.41, 5.74) is 1.46. The quantitative estimate of drug-likeness (QED) is 0.815. The van der Waals surface area contributed by atoms with Crippen molar-refractivity contribution in [1.29, 1.82) is 0 Å². The van der Waals surface area contributed by atoms with Gasteiger partial charge in [-0.25, -0.2) is 4.98 Å². The van der Waals surface area contributed by atoms with Crippen LogP contribution in [0.4, 0.5) is 5.82 Å². The fraction of sp³-hybridized carbons (Fsp3) is 0.684. The van der Waals surface area contributed by atoms with Crippen LogP contribution < -0.4 is 15.5 Å². The highest BCUT2D eigenvalue weighted by Gasteiger charge is 2.57. The molecule has 26 heavy (non-hydrogen) atoms. The predicted octanol–water partition coefficient (Wildman–Crippen LogP) is 2.92. The number of nitrogens with zero attached hydrogens (tertiary/aromatic N) is 2. The standard InChI is InChI=1S/C19H28N4O.2ClH/c24-18(16-13-19(16)5-8-20-9-6-19)22-14-15-4-7-21-17(12-15)23-10-2-1-3-11-23;;/h4,7,12,16,20H,1-3,5-6,8-11,13-14H2,(H,22,24);2*1H. The van der Waals surface area contributed by atoms with E-state index in [-0.39, 0.29) is 36.6 Å². The first kappa shape index (κ1) is 21.3.